The van der Waals surface area contributed by atoms with E-state index in [2.05, 4.69) is 40.0 Å². The van der Waals surface area contributed by atoms with E-state index < -0.39 is 23.9 Å². The maximum Gasteiger partial charge on any atom is 0.417 e. The Morgan fingerprint density at radius 1 is 0.838 bits per heavy atom. The molecule has 0 N–H and O–H groups in total. The van der Waals surface area contributed by atoms with Crippen LogP contribution in [0.3, 0.4) is 0 Å². The third-order valence-electron chi connectivity index (χ3n) is 5.61. The first kappa shape index (κ1) is 38.8. The van der Waals surface area contributed by atoms with E-state index in [4.69, 9.17) is 5.26 Å². The molecule has 216 valence electrons. The van der Waals surface area contributed by atoms with Gasteiger partial charge in [-0.2, -0.15) is 5.26 Å². The highest BCUT2D eigenvalue weighted by atomic mass is 16.6. The summed E-state index contributed by atoms with van der Waals surface area (Å²) in [6.45, 7) is 14.3. The molecule has 0 aromatic heterocycles. The van der Waals surface area contributed by atoms with E-state index in [9.17, 15) is 24.3 Å². The molecule has 0 bridgehead atoms. The van der Waals surface area contributed by atoms with Crippen molar-refractivity contribution in [2.75, 3.05) is 67.6 Å². The minimum absolute atomic E-state index is 0.970. The number of quaternary nitrogens is 1. The molecule has 2 heterocycles. The smallest absolute Gasteiger partial charge is 0.417 e. The van der Waals surface area contributed by atoms with Gasteiger partial charge in [-0.05, 0) is 45.3 Å². The van der Waals surface area contributed by atoms with Crippen LogP contribution in [-0.2, 0) is 33.4 Å². The van der Waals surface area contributed by atoms with Crippen molar-refractivity contribution in [1.82, 2.24) is 4.90 Å². The molecule has 2 saturated heterocycles. The zero-order valence-corrected chi connectivity index (χ0v) is 24.0. The van der Waals surface area contributed by atoms with Crippen LogP contribution < -0.4 is 5.11 Å². The predicted octanol–water partition coefficient (Wildman–Crippen LogP) is 1.68. The van der Waals surface area contributed by atoms with Crippen molar-refractivity contribution in [3.05, 3.63) is 0 Å². The van der Waals surface area contributed by atoms with E-state index in [-0.39, 0.29) is 0 Å². The molecule has 2 fully saturated rings. The van der Waals surface area contributed by atoms with Gasteiger partial charge in [0.2, 0.25) is 0 Å². The number of nitriles is 1. The molecule has 0 saturated carbocycles. The summed E-state index contributed by atoms with van der Waals surface area (Å²) < 4.78 is 13.0. The van der Waals surface area contributed by atoms with Crippen LogP contribution in [-0.4, -0.2) is 101 Å². The van der Waals surface area contributed by atoms with E-state index in [0.717, 1.165) is 21.3 Å². The number of unbranched alkanes of at least 4 members (excludes halogenated alkanes) is 2. The molecule has 0 unspecified atom stereocenters. The van der Waals surface area contributed by atoms with Gasteiger partial charge in [0, 0.05) is 19.8 Å². The molecule has 37 heavy (non-hydrogen) atoms. The number of carbonyl (C=O) groups is 4. The van der Waals surface area contributed by atoms with E-state index in [1.165, 1.54) is 102 Å². The first-order chi connectivity index (χ1) is 17.5. The number of ether oxygens (including phenoxy) is 3. The average molecular weight is 532 g/mol. The molecule has 2 rings (SSSR count). The second-order valence-corrected chi connectivity index (χ2v) is 8.74. The number of hydrogen-bond acceptors (Lipinski definition) is 10. The lowest BCUT2D eigenvalue weighted by Crippen LogP contribution is -2.41. The van der Waals surface area contributed by atoms with Crippen LogP contribution in [0.5, 0.6) is 0 Å². The minimum atomic E-state index is -1.82. The van der Waals surface area contributed by atoms with Crippen molar-refractivity contribution in [1.29, 1.82) is 5.26 Å². The summed E-state index contributed by atoms with van der Waals surface area (Å²) in [5, 5.41) is 16.7. The van der Waals surface area contributed by atoms with E-state index in [1.807, 2.05) is 0 Å². The molecule has 0 radical (unpaired) electrons. The van der Waals surface area contributed by atoms with Crippen LogP contribution >= 0.6 is 0 Å². The molecule has 0 amide bonds. The SMILES string of the molecule is CC#N.CCCCN1CCCC1.CCCC[N+]1(C)CCCC1.COC(=O)C(=O)OC.COC(=O)C(=O)[O-]. The Morgan fingerprint density at radius 3 is 1.54 bits per heavy atom. The predicted molar refractivity (Wildman–Crippen MR) is 138 cm³/mol. The third-order valence-corrected chi connectivity index (χ3v) is 5.61. The van der Waals surface area contributed by atoms with Gasteiger partial charge in [-0.25, -0.2) is 14.4 Å². The van der Waals surface area contributed by atoms with Gasteiger partial charge in [0.15, 0.2) is 5.97 Å². The summed E-state index contributed by atoms with van der Waals surface area (Å²) >= 11 is 0. The highest BCUT2D eigenvalue weighted by Crippen LogP contribution is 2.16. The molecule has 2 aliphatic heterocycles. The number of rotatable bonds is 6. The van der Waals surface area contributed by atoms with Crippen molar-refractivity contribution < 1.29 is 43.0 Å². The Labute approximate surface area is 223 Å². The summed E-state index contributed by atoms with van der Waals surface area (Å²) in [5.41, 5.74) is 0. The molecule has 11 heteroatoms. The summed E-state index contributed by atoms with van der Waals surface area (Å²) in [5.74, 6) is -5.12. The summed E-state index contributed by atoms with van der Waals surface area (Å²) in [6.07, 6.45) is 11.3. The number of carboxylic acid groups (broad SMARTS) is 1. The van der Waals surface area contributed by atoms with Crippen molar-refractivity contribution in [2.45, 2.75) is 72.1 Å². The van der Waals surface area contributed by atoms with Gasteiger partial charge in [-0.15, -0.1) is 0 Å². The largest absolute Gasteiger partial charge is 0.539 e. The van der Waals surface area contributed by atoms with E-state index in [1.54, 1.807) is 6.07 Å². The van der Waals surface area contributed by atoms with Gasteiger partial charge in [0.25, 0.3) is 0 Å². The highest BCUT2D eigenvalue weighted by molar-refractivity contribution is 6.29. The lowest BCUT2D eigenvalue weighted by atomic mass is 10.3. The molecular weight excluding hydrogens is 482 g/mol. The zero-order valence-electron chi connectivity index (χ0n) is 24.0. The fourth-order valence-corrected chi connectivity index (χ4v) is 3.50. The molecule has 2 aliphatic rings. The summed E-state index contributed by atoms with van der Waals surface area (Å²) in [4.78, 5) is 41.6. The topological polar surface area (TPSA) is 146 Å². The minimum Gasteiger partial charge on any atom is -0.539 e. The normalized spacial score (nSPS) is 14.8. The van der Waals surface area contributed by atoms with Gasteiger partial charge in [0.1, 0.15) is 0 Å². The maximum absolute atomic E-state index is 10.0. The Kier molecular flexibility index (Phi) is 27.6. The fraction of sp³-hybridized carbons (Fsp3) is 0.808. The van der Waals surface area contributed by atoms with E-state index >= 15 is 0 Å². The first-order valence-corrected chi connectivity index (χ1v) is 12.8. The van der Waals surface area contributed by atoms with Crippen LogP contribution in [0, 0.1) is 11.3 Å². The quantitative estimate of drug-likeness (QED) is 0.215. The van der Waals surface area contributed by atoms with Gasteiger partial charge in [0.05, 0.1) is 54.1 Å². The molecule has 0 aromatic rings. The zero-order chi connectivity index (χ0) is 29.1. The van der Waals surface area contributed by atoms with Crippen LogP contribution in [0.4, 0.5) is 0 Å². The van der Waals surface area contributed by atoms with Crippen LogP contribution in [0.25, 0.3) is 0 Å². The Balaban J connectivity index is -0.000000405. The number of carbonyl (C=O) groups excluding carboxylic acids is 4. The molecule has 11 nitrogen and oxygen atoms in total. The third kappa shape index (κ3) is 24.7. The van der Waals surface area contributed by atoms with Gasteiger partial charge in [-0.1, -0.05) is 26.7 Å². The van der Waals surface area contributed by atoms with Crippen molar-refractivity contribution >= 4 is 23.9 Å². The van der Waals surface area contributed by atoms with Gasteiger partial charge < -0.3 is 33.5 Å². The van der Waals surface area contributed by atoms with Crippen molar-refractivity contribution in [3.63, 3.8) is 0 Å². The Morgan fingerprint density at radius 2 is 1.24 bits per heavy atom. The van der Waals surface area contributed by atoms with Gasteiger partial charge >= 0.3 is 17.9 Å². The average Bonchev–Trinajstić information content (AvgIpc) is 3.58. The Bertz CT molecular complexity index is 639. The number of carboxylic acids is 1. The first-order valence-electron chi connectivity index (χ1n) is 12.8. The number of aliphatic carboxylic acids is 1. The molecule has 0 atom stereocenters. The highest BCUT2D eigenvalue weighted by Gasteiger charge is 2.25. The molecule has 0 aromatic carbocycles. The van der Waals surface area contributed by atoms with Crippen molar-refractivity contribution in [3.8, 4) is 6.07 Å². The number of hydrogen-bond donors (Lipinski definition) is 0. The monoisotopic (exact) mass is 531 g/mol. The van der Waals surface area contributed by atoms with E-state index in [0.29, 0.717) is 0 Å². The van der Waals surface area contributed by atoms with Gasteiger partial charge in [-0.3, -0.25) is 0 Å². The number of methoxy groups -OCH3 is 3. The second-order valence-electron chi connectivity index (χ2n) is 8.74. The molecule has 0 spiro atoms. The summed E-state index contributed by atoms with van der Waals surface area (Å²) in [6, 6.07) is 1.75. The standard InChI is InChI=1S/C9H20N.C8H17N.C4H6O4.C3H4O4.C2H3N/c1-3-4-7-10(2)8-5-6-9-10;1-2-3-6-9-7-4-5-8-9;1-7-3(5)4(6)8-2;1-7-3(6)2(4)5;1-2-3/h3-9H2,1-2H3;2-8H2,1H3;1-2H3;1H3,(H,4,5);1H3/q+1;;;;/p-1. The maximum atomic E-state index is 10.0. The van der Waals surface area contributed by atoms with Crippen LogP contribution in [0.1, 0.15) is 72.1 Å². The summed E-state index contributed by atoms with van der Waals surface area (Å²) in [7, 11) is 5.60. The second kappa shape index (κ2) is 26.4. The van der Waals surface area contributed by atoms with Crippen molar-refractivity contribution in [2.24, 2.45) is 0 Å². The van der Waals surface area contributed by atoms with Crippen LogP contribution in [0.15, 0.2) is 0 Å². The van der Waals surface area contributed by atoms with Crippen LogP contribution in [0.2, 0.25) is 0 Å². The number of nitrogens with zero attached hydrogens (tertiary/aromatic N) is 3. The number of esters is 3. The lowest BCUT2D eigenvalue weighted by molar-refractivity contribution is -0.897. The lowest BCUT2D eigenvalue weighted by Gasteiger charge is -2.28. The molecule has 0 aliphatic carbocycles. The Hall–Kier alpha value is -2.71. The number of likely N-dealkylation sites (tertiary alicyclic amines) is 2. The molecular formula is C26H49N3O8. The fourth-order valence-electron chi connectivity index (χ4n) is 3.50.